The topological polar surface area (TPSA) is 70.2 Å². The van der Waals surface area contributed by atoms with Gasteiger partial charge in [-0.05, 0) is 38.0 Å². The molecule has 0 saturated carbocycles. The number of ether oxygens (including phenoxy) is 1. The maximum Gasteiger partial charge on any atom is 0.224 e. The number of aromatic nitrogens is 2. The largest absolute Gasteiger partial charge is 0.378 e. The molecule has 1 aromatic heterocycles. The number of nitrogens with one attached hydrogen (secondary N) is 2. The van der Waals surface area contributed by atoms with E-state index >= 15 is 0 Å². The summed E-state index contributed by atoms with van der Waals surface area (Å²) >= 11 is 0. The van der Waals surface area contributed by atoms with E-state index in [4.69, 9.17) is 4.74 Å². The number of aromatic amines is 1. The molecule has 0 radical (unpaired) electrons. The molecule has 3 rings (SSSR count). The monoisotopic (exact) mass is 328 g/mol. The number of para-hydroxylation sites is 2. The lowest BCUT2D eigenvalue weighted by atomic mass is 10.1. The molecule has 6 nitrogen and oxygen atoms in total. The Morgan fingerprint density at radius 2 is 2.04 bits per heavy atom. The van der Waals surface area contributed by atoms with E-state index in [0.717, 1.165) is 54.6 Å². The molecule has 0 unspecified atom stereocenters. The van der Waals surface area contributed by atoms with Gasteiger partial charge in [-0.25, -0.2) is 0 Å². The molecule has 1 aliphatic heterocycles. The maximum atomic E-state index is 12.4. The van der Waals surface area contributed by atoms with Gasteiger partial charge in [0.1, 0.15) is 0 Å². The summed E-state index contributed by atoms with van der Waals surface area (Å²) in [5, 5.41) is 10.2. The second-order valence-corrected chi connectivity index (χ2v) is 6.08. The van der Waals surface area contributed by atoms with Gasteiger partial charge in [0.25, 0.3) is 0 Å². The zero-order valence-corrected chi connectivity index (χ0v) is 14.3. The third-order valence-corrected chi connectivity index (χ3v) is 4.41. The highest BCUT2D eigenvalue weighted by Crippen LogP contribution is 2.26. The lowest BCUT2D eigenvalue weighted by molar-refractivity contribution is -0.116. The van der Waals surface area contributed by atoms with Gasteiger partial charge in [-0.2, -0.15) is 5.10 Å². The molecule has 2 heterocycles. The van der Waals surface area contributed by atoms with Gasteiger partial charge < -0.3 is 15.0 Å². The summed E-state index contributed by atoms with van der Waals surface area (Å²) in [7, 11) is 0. The molecule has 1 amide bonds. The highest BCUT2D eigenvalue weighted by Gasteiger charge is 2.16. The van der Waals surface area contributed by atoms with Crippen LogP contribution in [0.15, 0.2) is 24.3 Å². The van der Waals surface area contributed by atoms with Crippen molar-refractivity contribution < 1.29 is 9.53 Å². The summed E-state index contributed by atoms with van der Waals surface area (Å²) < 4.78 is 5.41. The Kier molecular flexibility index (Phi) is 5.15. The van der Waals surface area contributed by atoms with E-state index in [1.165, 1.54) is 0 Å². The van der Waals surface area contributed by atoms with Crippen LogP contribution < -0.4 is 10.2 Å². The summed E-state index contributed by atoms with van der Waals surface area (Å²) in [5.74, 6) is 0.0238. The number of morpholine rings is 1. The van der Waals surface area contributed by atoms with E-state index in [1.54, 1.807) is 0 Å². The van der Waals surface area contributed by atoms with Crippen molar-refractivity contribution in [3.8, 4) is 0 Å². The summed E-state index contributed by atoms with van der Waals surface area (Å²) in [4.78, 5) is 14.6. The van der Waals surface area contributed by atoms with E-state index in [-0.39, 0.29) is 5.91 Å². The van der Waals surface area contributed by atoms with Gasteiger partial charge in [0.15, 0.2) is 0 Å². The third kappa shape index (κ3) is 3.76. The number of nitrogens with zero attached hydrogens (tertiary/aromatic N) is 2. The first-order valence-electron chi connectivity index (χ1n) is 8.37. The van der Waals surface area contributed by atoms with Crippen LogP contribution in [-0.4, -0.2) is 42.4 Å². The van der Waals surface area contributed by atoms with Crippen molar-refractivity contribution in [3.63, 3.8) is 0 Å². The van der Waals surface area contributed by atoms with Crippen molar-refractivity contribution in [2.75, 3.05) is 36.5 Å². The number of H-pyrrole nitrogens is 1. The molecule has 6 heteroatoms. The third-order valence-electron chi connectivity index (χ3n) is 4.41. The molecular weight excluding hydrogens is 304 g/mol. The van der Waals surface area contributed by atoms with Crippen LogP contribution >= 0.6 is 0 Å². The van der Waals surface area contributed by atoms with Gasteiger partial charge in [-0.1, -0.05) is 12.1 Å². The molecule has 24 heavy (non-hydrogen) atoms. The number of aryl methyl sites for hydroxylation is 2. The Balaban J connectivity index is 1.64. The molecule has 0 bridgehead atoms. The summed E-state index contributed by atoms with van der Waals surface area (Å²) in [6, 6.07) is 7.95. The quantitative estimate of drug-likeness (QED) is 0.884. The number of anilines is 2. The second-order valence-electron chi connectivity index (χ2n) is 6.08. The SMILES string of the molecule is Cc1n[nH]c(C)c1CCC(=O)Nc1ccccc1N1CCOCC1. The first-order chi connectivity index (χ1) is 11.6. The Morgan fingerprint density at radius 1 is 1.29 bits per heavy atom. The minimum Gasteiger partial charge on any atom is -0.378 e. The van der Waals surface area contributed by atoms with Crippen molar-refractivity contribution >= 4 is 17.3 Å². The van der Waals surface area contributed by atoms with E-state index in [1.807, 2.05) is 38.1 Å². The molecule has 2 N–H and O–H groups in total. The predicted molar refractivity (Wildman–Crippen MR) is 94.5 cm³/mol. The van der Waals surface area contributed by atoms with Crippen LogP contribution in [0.2, 0.25) is 0 Å². The van der Waals surface area contributed by atoms with Gasteiger partial charge in [0.2, 0.25) is 5.91 Å². The Bertz CT molecular complexity index is 685. The average Bonchev–Trinajstić information content (AvgIpc) is 2.92. The molecular formula is C18H24N4O2. The smallest absolute Gasteiger partial charge is 0.224 e. The first-order valence-corrected chi connectivity index (χ1v) is 8.37. The molecule has 2 aromatic rings. The first kappa shape index (κ1) is 16.5. The van der Waals surface area contributed by atoms with Crippen molar-refractivity contribution in [1.82, 2.24) is 10.2 Å². The fourth-order valence-corrected chi connectivity index (χ4v) is 3.05. The van der Waals surface area contributed by atoms with Crippen molar-refractivity contribution in [3.05, 3.63) is 41.2 Å². The zero-order chi connectivity index (χ0) is 16.9. The zero-order valence-electron chi connectivity index (χ0n) is 14.3. The minimum absolute atomic E-state index is 0.0238. The number of hydrogen-bond acceptors (Lipinski definition) is 4. The highest BCUT2D eigenvalue weighted by atomic mass is 16.5. The molecule has 1 aliphatic rings. The molecule has 128 valence electrons. The Morgan fingerprint density at radius 3 is 2.75 bits per heavy atom. The van der Waals surface area contributed by atoms with Crippen LogP contribution in [0.25, 0.3) is 0 Å². The number of benzene rings is 1. The van der Waals surface area contributed by atoms with Gasteiger partial charge >= 0.3 is 0 Å². The van der Waals surface area contributed by atoms with Crippen molar-refractivity contribution in [2.24, 2.45) is 0 Å². The normalized spacial score (nSPS) is 14.7. The Hall–Kier alpha value is -2.34. The molecule has 0 spiro atoms. The minimum atomic E-state index is 0.0238. The van der Waals surface area contributed by atoms with Gasteiger partial charge in [-0.15, -0.1) is 0 Å². The van der Waals surface area contributed by atoms with Crippen molar-refractivity contribution in [1.29, 1.82) is 0 Å². The lowest BCUT2D eigenvalue weighted by Gasteiger charge is -2.30. The van der Waals surface area contributed by atoms with Gasteiger partial charge in [0, 0.05) is 25.2 Å². The average molecular weight is 328 g/mol. The van der Waals surface area contributed by atoms with Crippen LogP contribution in [-0.2, 0) is 16.0 Å². The summed E-state index contributed by atoms with van der Waals surface area (Å²) in [5.41, 5.74) is 5.06. The number of hydrogen-bond donors (Lipinski definition) is 2. The van der Waals surface area contributed by atoms with Crippen LogP contribution in [0.3, 0.4) is 0 Å². The maximum absolute atomic E-state index is 12.4. The second kappa shape index (κ2) is 7.49. The number of carbonyl (C=O) groups is 1. The molecule has 1 fully saturated rings. The fraction of sp³-hybridized carbons (Fsp3) is 0.444. The van der Waals surface area contributed by atoms with Crippen LogP contribution in [0.5, 0.6) is 0 Å². The molecule has 1 aromatic carbocycles. The molecule has 0 atom stereocenters. The highest BCUT2D eigenvalue weighted by molar-refractivity contribution is 5.94. The lowest BCUT2D eigenvalue weighted by Crippen LogP contribution is -2.36. The standard InChI is InChI=1S/C18H24N4O2/c1-13-15(14(2)21-20-13)7-8-18(23)19-16-5-3-4-6-17(16)22-9-11-24-12-10-22/h3-6H,7-12H2,1-2H3,(H,19,23)(H,20,21). The van der Waals surface area contributed by atoms with Crippen LogP contribution in [0.4, 0.5) is 11.4 Å². The van der Waals surface area contributed by atoms with Crippen LogP contribution in [0, 0.1) is 13.8 Å². The Labute approximate surface area is 142 Å². The van der Waals surface area contributed by atoms with Crippen LogP contribution in [0.1, 0.15) is 23.4 Å². The summed E-state index contributed by atoms with van der Waals surface area (Å²) in [6.45, 7) is 7.09. The van der Waals surface area contributed by atoms with E-state index < -0.39 is 0 Å². The van der Waals surface area contributed by atoms with E-state index in [0.29, 0.717) is 12.8 Å². The summed E-state index contributed by atoms with van der Waals surface area (Å²) in [6.07, 6.45) is 1.14. The number of rotatable bonds is 5. The number of amides is 1. The molecule has 1 saturated heterocycles. The van der Waals surface area contributed by atoms with Crippen molar-refractivity contribution in [2.45, 2.75) is 26.7 Å². The molecule has 0 aliphatic carbocycles. The van der Waals surface area contributed by atoms with Gasteiger partial charge in [0.05, 0.1) is 30.3 Å². The van der Waals surface area contributed by atoms with E-state index in [9.17, 15) is 4.79 Å². The van der Waals surface area contributed by atoms with E-state index in [2.05, 4.69) is 20.4 Å². The number of carbonyl (C=O) groups excluding carboxylic acids is 1. The van der Waals surface area contributed by atoms with Gasteiger partial charge in [-0.3, -0.25) is 9.89 Å². The predicted octanol–water partition coefficient (Wildman–Crippen LogP) is 2.43. The fourth-order valence-electron chi connectivity index (χ4n) is 3.05.